The van der Waals surface area contributed by atoms with E-state index in [0.29, 0.717) is 16.8 Å². The molecule has 0 saturated carbocycles. The fourth-order valence-corrected chi connectivity index (χ4v) is 2.45. The molecule has 0 fully saturated rings. The van der Waals surface area contributed by atoms with Crippen molar-refractivity contribution in [1.29, 1.82) is 0 Å². The van der Waals surface area contributed by atoms with Crippen LogP contribution in [0.5, 0.6) is 0 Å². The highest BCUT2D eigenvalue weighted by Crippen LogP contribution is 2.17. The predicted octanol–water partition coefficient (Wildman–Crippen LogP) is 3.48. The van der Waals surface area contributed by atoms with Crippen molar-refractivity contribution in [2.24, 2.45) is 0 Å². The smallest absolute Gasteiger partial charge is 0.178 e. The Morgan fingerprint density at radius 2 is 2.16 bits per heavy atom. The quantitative estimate of drug-likeness (QED) is 0.741. The second-order valence-corrected chi connectivity index (χ2v) is 4.71. The van der Waals surface area contributed by atoms with Gasteiger partial charge in [-0.2, -0.15) is 0 Å². The Kier molecular flexibility index (Phi) is 3.13. The summed E-state index contributed by atoms with van der Waals surface area (Å²) >= 11 is 5.25. The van der Waals surface area contributed by atoms with Gasteiger partial charge in [-0.1, -0.05) is 12.1 Å². The molecular weight excluding hydrogens is 261 g/mol. The van der Waals surface area contributed by atoms with Gasteiger partial charge in [0.2, 0.25) is 0 Å². The molecule has 19 heavy (non-hydrogen) atoms. The summed E-state index contributed by atoms with van der Waals surface area (Å²) in [5.74, 6) is -0.274. The van der Waals surface area contributed by atoms with Gasteiger partial charge >= 0.3 is 0 Å². The second-order valence-electron chi connectivity index (χ2n) is 4.33. The zero-order valence-electron chi connectivity index (χ0n) is 10.1. The Bertz CT molecular complexity index is 761. The third-order valence-corrected chi connectivity index (χ3v) is 3.43. The molecule has 0 spiro atoms. The minimum Gasteiger partial charge on any atom is -0.328 e. The van der Waals surface area contributed by atoms with Gasteiger partial charge in [0, 0.05) is 18.9 Å². The molecule has 1 aromatic carbocycles. The lowest BCUT2D eigenvalue weighted by molar-refractivity contribution is 0.637. The van der Waals surface area contributed by atoms with Gasteiger partial charge in [0.05, 0.1) is 5.52 Å². The van der Waals surface area contributed by atoms with E-state index in [1.165, 1.54) is 6.07 Å². The zero-order chi connectivity index (χ0) is 13.2. The van der Waals surface area contributed by atoms with Crippen LogP contribution in [-0.2, 0) is 13.0 Å². The maximum atomic E-state index is 13.6. The van der Waals surface area contributed by atoms with Crippen molar-refractivity contribution in [2.45, 2.75) is 13.0 Å². The highest BCUT2D eigenvalue weighted by Gasteiger charge is 2.07. The fraction of sp³-hybridized carbons (Fsp3) is 0.143. The summed E-state index contributed by atoms with van der Waals surface area (Å²) in [5.41, 5.74) is 2.41. The standard InChI is InChI=1S/C14H12FN3S/c15-11-4-1-5-12-13(11)17-14(19)18(12)8-6-10-3-2-7-16-9-10/h1-5,7,9H,6,8H2,(H,17,19). The van der Waals surface area contributed by atoms with E-state index in [4.69, 9.17) is 12.2 Å². The van der Waals surface area contributed by atoms with Crippen molar-refractivity contribution in [2.75, 3.05) is 0 Å². The minimum absolute atomic E-state index is 0.274. The van der Waals surface area contributed by atoms with Crippen LogP contribution in [-0.4, -0.2) is 14.5 Å². The fourth-order valence-electron chi connectivity index (χ4n) is 2.15. The summed E-state index contributed by atoms with van der Waals surface area (Å²) in [6.07, 6.45) is 4.39. The molecule has 0 unspecified atom stereocenters. The van der Waals surface area contributed by atoms with Gasteiger partial charge in [-0.15, -0.1) is 0 Å². The molecule has 0 aliphatic rings. The molecular formula is C14H12FN3S. The van der Waals surface area contributed by atoms with Gasteiger partial charge in [0.15, 0.2) is 4.77 Å². The number of aryl methyl sites for hydroxylation is 2. The van der Waals surface area contributed by atoms with E-state index in [-0.39, 0.29) is 5.82 Å². The van der Waals surface area contributed by atoms with Crippen LogP contribution in [0, 0.1) is 10.6 Å². The Balaban J connectivity index is 1.95. The molecule has 5 heteroatoms. The second kappa shape index (κ2) is 4.93. The molecule has 3 rings (SSSR count). The van der Waals surface area contributed by atoms with Gasteiger partial charge in [-0.3, -0.25) is 4.98 Å². The van der Waals surface area contributed by atoms with Gasteiger partial charge in [0.1, 0.15) is 11.3 Å². The first-order valence-electron chi connectivity index (χ1n) is 6.01. The van der Waals surface area contributed by atoms with Crippen LogP contribution < -0.4 is 0 Å². The average molecular weight is 273 g/mol. The first-order valence-corrected chi connectivity index (χ1v) is 6.42. The van der Waals surface area contributed by atoms with Crippen LogP contribution >= 0.6 is 12.2 Å². The summed E-state index contributed by atoms with van der Waals surface area (Å²) in [4.78, 5) is 7.00. The number of halogens is 1. The minimum atomic E-state index is -0.274. The van der Waals surface area contributed by atoms with Gasteiger partial charge in [0.25, 0.3) is 0 Å². The SMILES string of the molecule is Fc1cccc2c1[nH]c(=S)n2CCc1cccnc1. The van der Waals surface area contributed by atoms with Gasteiger partial charge in [-0.25, -0.2) is 4.39 Å². The van der Waals surface area contributed by atoms with Crippen LogP contribution in [0.15, 0.2) is 42.7 Å². The van der Waals surface area contributed by atoms with E-state index in [2.05, 4.69) is 9.97 Å². The topological polar surface area (TPSA) is 33.6 Å². The number of hydrogen-bond acceptors (Lipinski definition) is 2. The van der Waals surface area contributed by atoms with E-state index < -0.39 is 0 Å². The van der Waals surface area contributed by atoms with Crippen molar-refractivity contribution in [3.63, 3.8) is 0 Å². The molecule has 0 radical (unpaired) electrons. The molecule has 2 aromatic heterocycles. The Labute approximate surface area is 114 Å². The Morgan fingerprint density at radius 1 is 1.26 bits per heavy atom. The lowest BCUT2D eigenvalue weighted by atomic mass is 10.2. The number of nitrogens with one attached hydrogen (secondary N) is 1. The predicted molar refractivity (Wildman–Crippen MR) is 75.0 cm³/mol. The van der Waals surface area contributed by atoms with E-state index in [1.54, 1.807) is 12.3 Å². The number of hydrogen-bond donors (Lipinski definition) is 1. The first-order chi connectivity index (χ1) is 9.25. The number of benzene rings is 1. The highest BCUT2D eigenvalue weighted by atomic mass is 32.1. The molecule has 3 nitrogen and oxygen atoms in total. The summed E-state index contributed by atoms with van der Waals surface area (Å²) in [7, 11) is 0. The van der Waals surface area contributed by atoms with Crippen LogP contribution in [0.3, 0.4) is 0 Å². The van der Waals surface area contributed by atoms with Gasteiger partial charge in [-0.05, 0) is 42.4 Å². The molecule has 0 amide bonds. The number of pyridine rings is 1. The van der Waals surface area contributed by atoms with Crippen molar-refractivity contribution >= 4 is 23.3 Å². The van der Waals surface area contributed by atoms with Crippen LogP contribution in [0.25, 0.3) is 11.0 Å². The number of aromatic nitrogens is 3. The molecule has 1 N–H and O–H groups in total. The molecule has 96 valence electrons. The maximum Gasteiger partial charge on any atom is 0.178 e. The summed E-state index contributed by atoms with van der Waals surface area (Å²) in [5, 5.41) is 0. The molecule has 3 aromatic rings. The van der Waals surface area contributed by atoms with E-state index >= 15 is 0 Å². The number of fused-ring (bicyclic) bond motifs is 1. The maximum absolute atomic E-state index is 13.6. The van der Waals surface area contributed by atoms with E-state index in [9.17, 15) is 4.39 Å². The van der Waals surface area contributed by atoms with E-state index in [0.717, 1.165) is 17.5 Å². The molecule has 0 aliphatic heterocycles. The molecule has 2 heterocycles. The molecule has 0 saturated heterocycles. The van der Waals surface area contributed by atoms with Crippen LogP contribution in [0.4, 0.5) is 4.39 Å². The lowest BCUT2D eigenvalue weighted by Gasteiger charge is -2.04. The van der Waals surface area contributed by atoms with Crippen molar-refractivity contribution < 1.29 is 4.39 Å². The average Bonchev–Trinajstić information content (AvgIpc) is 2.75. The van der Waals surface area contributed by atoms with Crippen molar-refractivity contribution in [3.05, 3.63) is 58.9 Å². The summed E-state index contributed by atoms with van der Waals surface area (Å²) in [6, 6.07) is 8.92. The highest BCUT2D eigenvalue weighted by molar-refractivity contribution is 7.71. The summed E-state index contributed by atoms with van der Waals surface area (Å²) in [6.45, 7) is 0.702. The Morgan fingerprint density at radius 3 is 2.95 bits per heavy atom. The number of para-hydroxylation sites is 1. The number of nitrogens with zero attached hydrogens (tertiary/aromatic N) is 2. The third kappa shape index (κ3) is 2.29. The normalized spacial score (nSPS) is 11.0. The monoisotopic (exact) mass is 273 g/mol. The number of rotatable bonds is 3. The summed E-state index contributed by atoms with van der Waals surface area (Å²) < 4.78 is 16.1. The third-order valence-electron chi connectivity index (χ3n) is 3.11. The molecule has 0 bridgehead atoms. The number of H-pyrrole nitrogens is 1. The molecule has 0 atom stereocenters. The van der Waals surface area contributed by atoms with Crippen molar-refractivity contribution in [1.82, 2.24) is 14.5 Å². The molecule has 0 aliphatic carbocycles. The Hall–Kier alpha value is -2.01. The largest absolute Gasteiger partial charge is 0.328 e. The van der Waals surface area contributed by atoms with Crippen molar-refractivity contribution in [3.8, 4) is 0 Å². The van der Waals surface area contributed by atoms with E-state index in [1.807, 2.05) is 29.0 Å². The zero-order valence-corrected chi connectivity index (χ0v) is 11.0. The van der Waals surface area contributed by atoms with Crippen LogP contribution in [0.1, 0.15) is 5.56 Å². The first kappa shape index (κ1) is 12.0. The number of imidazole rings is 1. The van der Waals surface area contributed by atoms with Crippen LogP contribution in [0.2, 0.25) is 0 Å². The lowest BCUT2D eigenvalue weighted by Crippen LogP contribution is -2.01. The number of aromatic amines is 1. The van der Waals surface area contributed by atoms with Gasteiger partial charge < -0.3 is 9.55 Å².